The first-order valence-electron chi connectivity index (χ1n) is 10.9. The molecule has 1 aromatic heterocycles. The molecule has 2 aromatic rings. The summed E-state index contributed by atoms with van der Waals surface area (Å²) in [7, 11) is 0. The van der Waals surface area contributed by atoms with Gasteiger partial charge < -0.3 is 15.1 Å². The van der Waals surface area contributed by atoms with Crippen LogP contribution >= 0.6 is 12.4 Å². The van der Waals surface area contributed by atoms with Gasteiger partial charge in [-0.25, -0.2) is 13.8 Å². The Balaban J connectivity index is 0.00000544. The first kappa shape index (κ1) is 28.5. The van der Waals surface area contributed by atoms with Crippen molar-refractivity contribution in [1.29, 1.82) is 0 Å². The molecule has 2 unspecified atom stereocenters. The molecule has 1 aromatic carbocycles. The number of benzene rings is 1. The zero-order valence-corrected chi connectivity index (χ0v) is 20.2. The first-order valence-corrected chi connectivity index (χ1v) is 10.9. The molecule has 0 spiro atoms. The maximum Gasteiger partial charge on any atom is 0.301 e. The average molecular weight is 487 g/mol. The number of oxazole rings is 1. The van der Waals surface area contributed by atoms with Crippen LogP contribution in [0.3, 0.4) is 0 Å². The van der Waals surface area contributed by atoms with Crippen LogP contribution < -0.4 is 16.0 Å². The van der Waals surface area contributed by atoms with E-state index in [0.717, 1.165) is 31.2 Å². The lowest BCUT2D eigenvalue weighted by atomic mass is 10.1. The molecule has 2 amide bonds. The van der Waals surface area contributed by atoms with Gasteiger partial charge in [0, 0.05) is 6.07 Å². The minimum atomic E-state index is -0.831. The third-order valence-corrected chi connectivity index (χ3v) is 4.87. The lowest BCUT2D eigenvalue weighted by Gasteiger charge is -2.17. The maximum absolute atomic E-state index is 13.3. The Hall–Kier alpha value is -2.52. The van der Waals surface area contributed by atoms with E-state index < -0.39 is 29.5 Å². The number of carbonyl (C=O) groups excluding carboxylic acids is 2. The fraction of sp³-hybridized carbons (Fsp3) is 0.522. The van der Waals surface area contributed by atoms with Gasteiger partial charge in [-0.3, -0.25) is 14.9 Å². The van der Waals surface area contributed by atoms with Crippen molar-refractivity contribution in [3.63, 3.8) is 0 Å². The summed E-state index contributed by atoms with van der Waals surface area (Å²) >= 11 is 0. The number of anilines is 1. The molecule has 0 bridgehead atoms. The van der Waals surface area contributed by atoms with E-state index in [-0.39, 0.29) is 36.4 Å². The van der Waals surface area contributed by atoms with Crippen LogP contribution in [-0.4, -0.2) is 29.4 Å². The van der Waals surface area contributed by atoms with Crippen molar-refractivity contribution in [3.05, 3.63) is 47.4 Å². The molecule has 7 nitrogen and oxygen atoms in total. The Morgan fingerprint density at radius 2 is 1.76 bits per heavy atom. The predicted molar refractivity (Wildman–Crippen MR) is 125 cm³/mol. The maximum atomic E-state index is 13.3. The monoisotopic (exact) mass is 486 g/mol. The third kappa shape index (κ3) is 9.88. The van der Waals surface area contributed by atoms with Gasteiger partial charge in [0.1, 0.15) is 23.4 Å². The second kappa shape index (κ2) is 13.9. The van der Waals surface area contributed by atoms with Crippen LogP contribution in [0, 0.1) is 17.6 Å². The molecule has 33 heavy (non-hydrogen) atoms. The number of aromatic nitrogens is 1. The second-order valence-electron chi connectivity index (χ2n) is 8.28. The zero-order valence-electron chi connectivity index (χ0n) is 19.4. The highest BCUT2D eigenvalue weighted by Gasteiger charge is 2.22. The molecule has 2 rings (SSSR count). The minimum absolute atomic E-state index is 0. The SMILES string of the molecule is CCCC(NC(=O)Cc1cc(F)cc(F)c1)C(=O)Nc1ncc(C(C)NCCC(C)C)o1.Cl. The Bertz CT molecular complexity index is 887. The van der Waals surface area contributed by atoms with E-state index in [1.54, 1.807) is 6.20 Å². The van der Waals surface area contributed by atoms with Crippen molar-refractivity contribution in [3.8, 4) is 0 Å². The van der Waals surface area contributed by atoms with Crippen LogP contribution in [0.4, 0.5) is 14.8 Å². The van der Waals surface area contributed by atoms with E-state index in [1.807, 2.05) is 13.8 Å². The Morgan fingerprint density at radius 1 is 1.09 bits per heavy atom. The summed E-state index contributed by atoms with van der Waals surface area (Å²) in [5, 5.41) is 8.54. The van der Waals surface area contributed by atoms with E-state index in [2.05, 4.69) is 34.8 Å². The number of rotatable bonds is 12. The van der Waals surface area contributed by atoms with Gasteiger partial charge >= 0.3 is 6.01 Å². The molecule has 0 aliphatic carbocycles. The molecule has 10 heteroatoms. The summed E-state index contributed by atoms with van der Waals surface area (Å²) in [6, 6.07) is 2.06. The van der Waals surface area contributed by atoms with Crippen molar-refractivity contribution in [2.45, 2.75) is 65.5 Å². The highest BCUT2D eigenvalue weighted by Crippen LogP contribution is 2.17. The van der Waals surface area contributed by atoms with Gasteiger partial charge in [0.2, 0.25) is 5.91 Å². The minimum Gasteiger partial charge on any atom is -0.427 e. The summed E-state index contributed by atoms with van der Waals surface area (Å²) in [5.74, 6) is -1.33. The number of hydrogen-bond acceptors (Lipinski definition) is 5. The molecule has 0 saturated carbocycles. The quantitative estimate of drug-likeness (QED) is 0.409. The van der Waals surface area contributed by atoms with Crippen LogP contribution in [0.15, 0.2) is 28.8 Å². The predicted octanol–water partition coefficient (Wildman–Crippen LogP) is 4.54. The van der Waals surface area contributed by atoms with Gasteiger partial charge in [0.25, 0.3) is 5.91 Å². The Morgan fingerprint density at radius 3 is 2.36 bits per heavy atom. The normalized spacial score (nSPS) is 12.7. The lowest BCUT2D eigenvalue weighted by molar-refractivity contribution is -0.126. The lowest BCUT2D eigenvalue weighted by Crippen LogP contribution is -2.44. The number of carbonyl (C=O) groups is 2. The Kier molecular flexibility index (Phi) is 12.0. The van der Waals surface area contributed by atoms with Gasteiger partial charge in [0.15, 0.2) is 0 Å². The number of amides is 2. The topological polar surface area (TPSA) is 96.3 Å². The second-order valence-corrected chi connectivity index (χ2v) is 8.28. The number of nitrogens with one attached hydrogen (secondary N) is 3. The standard InChI is InChI=1S/C23H32F2N4O3.ClH/c1-5-6-19(28-21(30)11-16-9-17(24)12-18(25)10-16)22(31)29-23-27-13-20(32-23)15(4)26-8-7-14(2)3;/h9-10,12-15,19,26H,5-8,11H2,1-4H3,(H,28,30)(H,27,29,31);1H. The fourth-order valence-corrected chi connectivity index (χ4v) is 3.13. The van der Waals surface area contributed by atoms with Gasteiger partial charge in [-0.1, -0.05) is 27.2 Å². The molecule has 0 radical (unpaired) electrons. The van der Waals surface area contributed by atoms with Crippen molar-refractivity contribution < 1.29 is 22.8 Å². The van der Waals surface area contributed by atoms with E-state index in [1.165, 1.54) is 0 Å². The largest absolute Gasteiger partial charge is 0.427 e. The van der Waals surface area contributed by atoms with Crippen molar-refractivity contribution >= 4 is 30.2 Å². The van der Waals surface area contributed by atoms with E-state index in [0.29, 0.717) is 24.5 Å². The first-order chi connectivity index (χ1) is 15.2. The smallest absolute Gasteiger partial charge is 0.301 e. The summed E-state index contributed by atoms with van der Waals surface area (Å²) in [6.45, 7) is 8.96. The number of hydrogen-bond donors (Lipinski definition) is 3. The molecule has 0 aliphatic rings. The third-order valence-electron chi connectivity index (χ3n) is 4.87. The van der Waals surface area contributed by atoms with Gasteiger partial charge in [-0.15, -0.1) is 12.4 Å². The summed E-state index contributed by atoms with van der Waals surface area (Å²) in [4.78, 5) is 29.1. The number of nitrogens with zero attached hydrogens (tertiary/aromatic N) is 1. The van der Waals surface area contributed by atoms with Crippen LogP contribution in [0.5, 0.6) is 0 Å². The van der Waals surface area contributed by atoms with E-state index >= 15 is 0 Å². The number of halogens is 3. The van der Waals surface area contributed by atoms with Crippen molar-refractivity contribution in [1.82, 2.24) is 15.6 Å². The van der Waals surface area contributed by atoms with E-state index in [9.17, 15) is 18.4 Å². The van der Waals surface area contributed by atoms with E-state index in [4.69, 9.17) is 4.42 Å². The molecule has 3 N–H and O–H groups in total. The molecule has 184 valence electrons. The van der Waals surface area contributed by atoms with Gasteiger partial charge in [-0.05, 0) is 49.9 Å². The molecule has 0 aliphatic heterocycles. The molecule has 1 heterocycles. The average Bonchev–Trinajstić information content (AvgIpc) is 3.15. The van der Waals surface area contributed by atoms with Crippen molar-refractivity contribution in [2.75, 3.05) is 11.9 Å². The summed E-state index contributed by atoms with van der Waals surface area (Å²) in [5.41, 5.74) is 0.187. The summed E-state index contributed by atoms with van der Waals surface area (Å²) in [6.07, 6.45) is 3.36. The zero-order chi connectivity index (χ0) is 23.7. The molecular formula is C23H33ClF2N4O3. The van der Waals surface area contributed by atoms with Crippen LogP contribution in [0.1, 0.15) is 64.3 Å². The highest BCUT2D eigenvalue weighted by atomic mass is 35.5. The molecular weight excluding hydrogens is 454 g/mol. The van der Waals surface area contributed by atoms with Crippen LogP contribution in [0.25, 0.3) is 0 Å². The van der Waals surface area contributed by atoms with Gasteiger partial charge in [-0.2, -0.15) is 0 Å². The highest BCUT2D eigenvalue weighted by molar-refractivity contribution is 5.96. The van der Waals surface area contributed by atoms with Crippen LogP contribution in [-0.2, 0) is 16.0 Å². The van der Waals surface area contributed by atoms with Crippen LogP contribution in [0.2, 0.25) is 0 Å². The molecule has 0 saturated heterocycles. The van der Waals surface area contributed by atoms with Crippen molar-refractivity contribution in [2.24, 2.45) is 5.92 Å². The fourth-order valence-electron chi connectivity index (χ4n) is 3.13. The Labute approximate surface area is 199 Å². The molecule has 0 fully saturated rings. The molecule has 2 atom stereocenters. The summed E-state index contributed by atoms with van der Waals surface area (Å²) < 4.78 is 32.3. The van der Waals surface area contributed by atoms with Gasteiger partial charge in [0.05, 0.1) is 18.7 Å².